The summed E-state index contributed by atoms with van der Waals surface area (Å²) in [5, 5.41) is 11.6. The first-order valence-corrected chi connectivity index (χ1v) is 18.2. The molecule has 250 valence electrons. The Kier molecular flexibility index (Phi) is 10.3. The van der Waals surface area contributed by atoms with Gasteiger partial charge in [0.05, 0.1) is 23.6 Å². The van der Waals surface area contributed by atoms with Gasteiger partial charge in [0.25, 0.3) is 5.91 Å². The summed E-state index contributed by atoms with van der Waals surface area (Å²) in [5.41, 5.74) is 3.75. The van der Waals surface area contributed by atoms with Crippen molar-refractivity contribution >= 4 is 34.2 Å². The van der Waals surface area contributed by atoms with E-state index in [-0.39, 0.29) is 28.4 Å². The van der Waals surface area contributed by atoms with Crippen molar-refractivity contribution in [3.8, 4) is 5.75 Å². The highest BCUT2D eigenvalue weighted by molar-refractivity contribution is 7.84. The van der Waals surface area contributed by atoms with Gasteiger partial charge in [-0.05, 0) is 117 Å². The number of aliphatic hydroxyl groups is 1. The van der Waals surface area contributed by atoms with E-state index in [2.05, 4.69) is 26.7 Å². The lowest BCUT2D eigenvalue weighted by molar-refractivity contribution is 0.0456. The van der Waals surface area contributed by atoms with Gasteiger partial charge in [0.1, 0.15) is 16.7 Å². The number of ether oxygens (including phenoxy) is 1. The highest BCUT2D eigenvalue weighted by atomic mass is 35.5. The molecular weight excluding hydrogens is 637 g/mol. The van der Waals surface area contributed by atoms with Crippen LogP contribution >= 0.6 is 11.6 Å². The van der Waals surface area contributed by atoms with E-state index in [0.717, 1.165) is 61.7 Å². The highest BCUT2D eigenvalue weighted by Crippen LogP contribution is 2.46. The Bertz CT molecular complexity index is 1640. The van der Waals surface area contributed by atoms with Crippen LogP contribution < -0.4 is 14.4 Å². The molecule has 2 bridgehead atoms. The zero-order valence-electron chi connectivity index (χ0n) is 26.9. The van der Waals surface area contributed by atoms with E-state index in [1.54, 1.807) is 18.2 Å². The van der Waals surface area contributed by atoms with Crippen LogP contribution in [-0.2, 0) is 22.8 Å². The molecule has 1 amide bonds. The molecule has 7 rings (SSSR count). The zero-order valence-corrected chi connectivity index (χ0v) is 28.5. The first kappa shape index (κ1) is 33.6. The number of benzene rings is 2. The number of pyridine rings is 1. The third kappa shape index (κ3) is 7.42. The summed E-state index contributed by atoms with van der Waals surface area (Å²) in [6.45, 7) is 6.02. The molecule has 3 heterocycles. The molecule has 7 atom stereocenters. The van der Waals surface area contributed by atoms with E-state index < -0.39 is 23.0 Å². The maximum atomic E-state index is 13.3. The Morgan fingerprint density at radius 3 is 2.72 bits per heavy atom. The molecule has 4 aliphatic rings. The van der Waals surface area contributed by atoms with Crippen molar-refractivity contribution in [2.24, 2.45) is 17.8 Å². The molecule has 0 saturated heterocycles. The van der Waals surface area contributed by atoms with Crippen molar-refractivity contribution in [2.75, 3.05) is 24.6 Å². The third-order valence-electron chi connectivity index (χ3n) is 10.5. The maximum Gasteiger partial charge on any atom is 0.263 e. The Morgan fingerprint density at radius 1 is 1.15 bits per heavy atom. The Hall–Kier alpha value is -3.27. The van der Waals surface area contributed by atoms with E-state index >= 15 is 0 Å². The molecule has 0 radical (unpaired) electrons. The molecule has 1 aromatic heterocycles. The maximum absolute atomic E-state index is 13.3. The van der Waals surface area contributed by atoms with Crippen LogP contribution in [0.4, 0.5) is 10.1 Å². The Morgan fingerprint density at radius 2 is 2.00 bits per heavy atom. The van der Waals surface area contributed by atoms with Gasteiger partial charge in [-0.2, -0.15) is 4.39 Å². The normalized spacial score (nSPS) is 31.0. The number of rotatable bonds is 0. The van der Waals surface area contributed by atoms with E-state index in [0.29, 0.717) is 24.5 Å². The molecule has 3 aromatic rings. The SMILES string of the molecule is CC1C/C=C/C(O)C2CCC2CN2C[C@@]3(CCCc4cc(Cl)ccc43)COc3ccc(cc32)C(=O)NS(=O)C1C.Fc1ccccn1. The van der Waals surface area contributed by atoms with Crippen LogP contribution in [0.5, 0.6) is 5.75 Å². The Balaban J connectivity index is 0.000000491. The molecule has 1 spiro atoms. The van der Waals surface area contributed by atoms with Crippen LogP contribution in [0.1, 0.15) is 67.4 Å². The number of halogens is 2. The molecule has 7 nitrogen and oxygen atoms in total. The van der Waals surface area contributed by atoms with Crippen LogP contribution in [0.25, 0.3) is 0 Å². The molecule has 1 saturated carbocycles. The summed E-state index contributed by atoms with van der Waals surface area (Å²) in [5.74, 6) is 0.618. The summed E-state index contributed by atoms with van der Waals surface area (Å²) >= 11 is 6.39. The number of fused-ring (bicyclic) bond motifs is 4. The van der Waals surface area contributed by atoms with Crippen molar-refractivity contribution in [3.05, 3.63) is 101 Å². The van der Waals surface area contributed by atoms with Crippen LogP contribution in [0.2, 0.25) is 5.02 Å². The second-order valence-electron chi connectivity index (χ2n) is 13.5. The number of hydrogen-bond donors (Lipinski definition) is 2. The minimum Gasteiger partial charge on any atom is -0.490 e. The number of hydrogen-bond acceptors (Lipinski definition) is 6. The zero-order chi connectivity index (χ0) is 33.1. The van der Waals surface area contributed by atoms with Gasteiger partial charge in [-0.3, -0.25) is 9.52 Å². The molecule has 2 N–H and O–H groups in total. The van der Waals surface area contributed by atoms with Crippen molar-refractivity contribution in [3.63, 3.8) is 0 Å². The average Bonchev–Trinajstić information content (AvgIpc) is 3.19. The van der Waals surface area contributed by atoms with E-state index in [1.807, 2.05) is 44.2 Å². The van der Waals surface area contributed by atoms with E-state index in [1.165, 1.54) is 23.4 Å². The lowest BCUT2D eigenvalue weighted by Crippen LogP contribution is -2.49. The smallest absolute Gasteiger partial charge is 0.263 e. The predicted octanol–water partition coefficient (Wildman–Crippen LogP) is 6.80. The number of nitrogens with one attached hydrogen (secondary N) is 1. The summed E-state index contributed by atoms with van der Waals surface area (Å²) in [6.07, 6.45) is 10.7. The molecule has 2 aliphatic carbocycles. The molecule has 2 aliphatic heterocycles. The summed E-state index contributed by atoms with van der Waals surface area (Å²) < 4.78 is 34.1. The number of nitrogens with zero attached hydrogens (tertiary/aromatic N) is 2. The summed E-state index contributed by atoms with van der Waals surface area (Å²) in [7, 11) is -1.53. The number of amides is 1. The molecule has 2 aromatic carbocycles. The van der Waals surface area contributed by atoms with Crippen LogP contribution in [0.3, 0.4) is 0 Å². The number of anilines is 1. The number of aryl methyl sites for hydroxylation is 1. The van der Waals surface area contributed by atoms with Gasteiger partial charge < -0.3 is 14.7 Å². The van der Waals surface area contributed by atoms with Crippen molar-refractivity contribution < 1.29 is 23.2 Å². The molecule has 47 heavy (non-hydrogen) atoms. The van der Waals surface area contributed by atoms with Gasteiger partial charge in [0.2, 0.25) is 5.95 Å². The fourth-order valence-corrected chi connectivity index (χ4v) is 8.59. The fraction of sp³-hybridized carbons (Fsp3) is 0.459. The lowest BCUT2D eigenvalue weighted by atomic mass is 9.68. The van der Waals surface area contributed by atoms with Crippen LogP contribution in [0, 0.1) is 23.7 Å². The van der Waals surface area contributed by atoms with Gasteiger partial charge >= 0.3 is 0 Å². The minimum atomic E-state index is -1.53. The van der Waals surface area contributed by atoms with Gasteiger partial charge in [0.15, 0.2) is 0 Å². The van der Waals surface area contributed by atoms with Gasteiger partial charge in [0, 0.05) is 35.3 Å². The van der Waals surface area contributed by atoms with Gasteiger partial charge in [-0.25, -0.2) is 9.19 Å². The largest absolute Gasteiger partial charge is 0.490 e. The number of aromatic nitrogens is 1. The standard InChI is InChI=1S/C32H39ClN2O4S.C5H4FN/c1-20-5-3-7-29(36)26-11-8-24(26)17-35-18-32(14-4-6-22-15-25(33)10-12-27(22)32)19-39-30-13-9-23(16-28(30)35)31(37)34-40(38)21(20)2;6-5-3-1-2-4-7-5/h3,7,9-10,12-13,15-16,20-21,24,26,29,36H,4-6,8,11,14,17-19H2,1-2H3,(H,34,37);1-4H/b7-3+;/t20?,21?,24?,26?,29?,32-,40?;/m0./s1. The minimum absolute atomic E-state index is 0.0926. The quantitative estimate of drug-likeness (QED) is 0.201. The average molecular weight is 680 g/mol. The second kappa shape index (κ2) is 14.5. The van der Waals surface area contributed by atoms with Gasteiger partial charge in [-0.1, -0.05) is 42.8 Å². The number of carbonyl (C=O) groups excluding carboxylic acids is 1. The monoisotopic (exact) mass is 679 g/mol. The Labute approximate surface area is 284 Å². The second-order valence-corrected chi connectivity index (χ2v) is 15.5. The van der Waals surface area contributed by atoms with Crippen LogP contribution in [0.15, 0.2) is 72.9 Å². The highest BCUT2D eigenvalue weighted by Gasteiger charge is 2.44. The lowest BCUT2D eigenvalue weighted by Gasteiger charge is -2.45. The van der Waals surface area contributed by atoms with Crippen LogP contribution in [-0.4, -0.2) is 51.3 Å². The number of carbonyl (C=O) groups is 1. The third-order valence-corrected chi connectivity index (χ3v) is 12.2. The molecule has 10 heteroatoms. The van der Waals surface area contributed by atoms with Gasteiger partial charge in [-0.15, -0.1) is 0 Å². The molecule has 6 unspecified atom stereocenters. The first-order valence-electron chi connectivity index (χ1n) is 16.6. The molecule has 1 fully saturated rings. The number of aliphatic hydroxyl groups excluding tert-OH is 1. The van der Waals surface area contributed by atoms with Crippen molar-refractivity contribution in [1.29, 1.82) is 0 Å². The summed E-state index contributed by atoms with van der Waals surface area (Å²) in [6, 6.07) is 16.4. The fourth-order valence-electron chi connectivity index (χ4n) is 7.37. The summed E-state index contributed by atoms with van der Waals surface area (Å²) in [4.78, 5) is 19.0. The topological polar surface area (TPSA) is 91.8 Å². The van der Waals surface area contributed by atoms with E-state index in [9.17, 15) is 18.5 Å². The predicted molar refractivity (Wildman–Crippen MR) is 185 cm³/mol. The first-order chi connectivity index (χ1) is 22.6. The molecular formula is C37H43ClFN3O4S. The van der Waals surface area contributed by atoms with E-state index in [4.69, 9.17) is 16.3 Å². The van der Waals surface area contributed by atoms with Crippen molar-refractivity contribution in [1.82, 2.24) is 9.71 Å². The number of allylic oxidation sites excluding steroid dienone is 1. The van der Waals surface area contributed by atoms with Crippen molar-refractivity contribution in [2.45, 2.75) is 69.1 Å².